The quantitative estimate of drug-likeness (QED) is 0.507. The Kier molecular flexibility index (Phi) is 4.23. The molecule has 0 spiro atoms. The molecule has 3 rings (SSSR count). The van der Waals surface area contributed by atoms with Crippen LogP contribution in [0.15, 0.2) is 41.6 Å². The number of nitrogens with one attached hydrogen (secondary N) is 1. The molecule has 126 valence electrons. The first-order chi connectivity index (χ1) is 11.4. The van der Waals surface area contributed by atoms with E-state index in [4.69, 9.17) is 4.74 Å². The topological polar surface area (TPSA) is 75.7 Å². The Morgan fingerprint density at radius 1 is 1.29 bits per heavy atom. The van der Waals surface area contributed by atoms with Gasteiger partial charge in [0.15, 0.2) is 0 Å². The third kappa shape index (κ3) is 2.44. The van der Waals surface area contributed by atoms with Crippen molar-refractivity contribution in [2.24, 2.45) is 0 Å². The van der Waals surface area contributed by atoms with Gasteiger partial charge in [0.25, 0.3) is 11.6 Å². The highest BCUT2D eigenvalue weighted by atomic mass is 32.2. The van der Waals surface area contributed by atoms with E-state index in [0.29, 0.717) is 5.70 Å². The van der Waals surface area contributed by atoms with Crippen molar-refractivity contribution in [3.8, 4) is 0 Å². The molecule has 0 radical (unpaired) electrons. The van der Waals surface area contributed by atoms with Crippen LogP contribution in [0.1, 0.15) is 19.4 Å². The van der Waals surface area contributed by atoms with Gasteiger partial charge in [-0.05, 0) is 25.0 Å². The molecule has 1 aromatic rings. The molecule has 2 heterocycles. The zero-order valence-corrected chi connectivity index (χ0v) is 14.5. The molecule has 1 aromatic carbocycles. The van der Waals surface area contributed by atoms with Gasteiger partial charge in [0, 0.05) is 7.11 Å². The predicted octanol–water partition coefficient (Wildman–Crippen LogP) is 1.42. The Morgan fingerprint density at radius 3 is 2.54 bits per heavy atom. The molecule has 0 aromatic heterocycles. The molecular formula is C17H18N2O4S. The van der Waals surface area contributed by atoms with E-state index in [-0.39, 0.29) is 17.4 Å². The lowest BCUT2D eigenvalue weighted by atomic mass is 9.99. The Labute approximate surface area is 144 Å². The van der Waals surface area contributed by atoms with Gasteiger partial charge in [0.05, 0.1) is 12.1 Å². The van der Waals surface area contributed by atoms with Crippen molar-refractivity contribution < 1.29 is 19.1 Å². The fourth-order valence-electron chi connectivity index (χ4n) is 2.95. The van der Waals surface area contributed by atoms with E-state index in [1.807, 2.05) is 30.3 Å². The first kappa shape index (κ1) is 16.7. The maximum atomic E-state index is 12.6. The molecule has 24 heavy (non-hydrogen) atoms. The number of allylic oxidation sites excluding steroid dienone is 1. The predicted molar refractivity (Wildman–Crippen MR) is 89.6 cm³/mol. The number of carbonyl (C=O) groups is 3. The molecule has 0 saturated carbocycles. The average Bonchev–Trinajstić information content (AvgIpc) is 2.88. The second-order valence-corrected chi connectivity index (χ2v) is 6.98. The maximum Gasteiger partial charge on any atom is 0.284 e. The molecule has 2 atom stereocenters. The molecule has 2 amide bonds. The van der Waals surface area contributed by atoms with E-state index < -0.39 is 17.0 Å². The van der Waals surface area contributed by atoms with Crippen molar-refractivity contribution in [2.45, 2.75) is 31.4 Å². The summed E-state index contributed by atoms with van der Waals surface area (Å²) in [7, 11) is 1.36. The van der Waals surface area contributed by atoms with E-state index in [1.165, 1.54) is 12.0 Å². The number of benzene rings is 1. The first-order valence-corrected chi connectivity index (χ1v) is 8.41. The molecule has 2 aliphatic rings. The molecule has 0 aliphatic carbocycles. The summed E-state index contributed by atoms with van der Waals surface area (Å²) in [5, 5.41) is 1.94. The van der Waals surface area contributed by atoms with Crippen molar-refractivity contribution in [1.82, 2.24) is 10.2 Å². The number of hydrogen-bond donors (Lipinski definition) is 1. The second kappa shape index (κ2) is 6.07. The molecule has 7 heteroatoms. The fourth-order valence-corrected chi connectivity index (χ4v) is 4.29. The number of β-lactam (4-membered cyclic amide) rings is 1. The molecule has 2 fully saturated rings. The average molecular weight is 346 g/mol. The van der Waals surface area contributed by atoms with Crippen molar-refractivity contribution in [2.75, 3.05) is 7.11 Å². The zero-order chi connectivity index (χ0) is 17.5. The van der Waals surface area contributed by atoms with E-state index in [1.54, 1.807) is 13.8 Å². The minimum atomic E-state index is -1.48. The van der Waals surface area contributed by atoms with Crippen molar-refractivity contribution in [1.29, 1.82) is 0 Å². The van der Waals surface area contributed by atoms with Crippen LogP contribution in [0.3, 0.4) is 0 Å². The summed E-state index contributed by atoms with van der Waals surface area (Å²) in [5.74, 6) is -0.735. The third-order valence-corrected chi connectivity index (χ3v) is 5.27. The summed E-state index contributed by atoms with van der Waals surface area (Å²) < 4.78 is 5.37. The van der Waals surface area contributed by atoms with Gasteiger partial charge in [-0.2, -0.15) is 0 Å². The summed E-state index contributed by atoms with van der Waals surface area (Å²) >= 11 is 1.00. The first-order valence-electron chi connectivity index (χ1n) is 7.53. The summed E-state index contributed by atoms with van der Waals surface area (Å²) in [5.41, 5.74) is 0.511. The minimum absolute atomic E-state index is 0.139. The lowest BCUT2D eigenvalue weighted by Crippen LogP contribution is -2.78. The van der Waals surface area contributed by atoms with Crippen LogP contribution in [-0.4, -0.2) is 40.0 Å². The van der Waals surface area contributed by atoms with E-state index >= 15 is 0 Å². The fraction of sp³-hybridized carbons (Fsp3) is 0.353. The van der Waals surface area contributed by atoms with Crippen molar-refractivity contribution in [3.63, 3.8) is 0 Å². The molecule has 1 N–H and O–H groups in total. The van der Waals surface area contributed by atoms with Crippen LogP contribution in [0.5, 0.6) is 0 Å². The Balaban J connectivity index is 1.79. The maximum absolute atomic E-state index is 12.6. The van der Waals surface area contributed by atoms with Crippen molar-refractivity contribution in [3.05, 3.63) is 47.2 Å². The van der Waals surface area contributed by atoms with E-state index in [9.17, 15) is 14.4 Å². The Bertz CT molecular complexity index is 742. The zero-order valence-electron chi connectivity index (χ0n) is 13.7. The number of carbonyl (C=O) groups excluding carboxylic acids is 3. The number of hydrogen-bond acceptors (Lipinski definition) is 5. The van der Waals surface area contributed by atoms with Crippen LogP contribution in [0.25, 0.3) is 0 Å². The molecule has 6 nitrogen and oxygen atoms in total. The number of fused-ring (bicyclic) bond motifs is 1. The minimum Gasteiger partial charge on any atom is -0.348 e. The third-order valence-electron chi connectivity index (χ3n) is 4.10. The van der Waals surface area contributed by atoms with Crippen LogP contribution in [0.4, 0.5) is 0 Å². The lowest BCUT2D eigenvalue weighted by molar-refractivity contribution is -0.189. The number of methoxy groups -OCH3 is 1. The van der Waals surface area contributed by atoms with Gasteiger partial charge in [-0.3, -0.25) is 19.3 Å². The molecule has 0 unspecified atom stereocenters. The van der Waals surface area contributed by atoms with Gasteiger partial charge in [-0.25, -0.2) is 0 Å². The number of nitrogens with zero attached hydrogens (tertiary/aromatic N) is 1. The number of thioether (sulfide) groups is 1. The van der Waals surface area contributed by atoms with Gasteiger partial charge in [-0.15, -0.1) is 0 Å². The monoisotopic (exact) mass is 346 g/mol. The molecule has 2 saturated heterocycles. The lowest BCUT2D eigenvalue weighted by Gasteiger charge is -2.50. The summed E-state index contributed by atoms with van der Waals surface area (Å²) in [6.45, 7) is 3.56. The Hall–Kier alpha value is -2.12. The molecule has 2 aliphatic heterocycles. The highest BCUT2D eigenvalue weighted by Gasteiger charge is 2.69. The van der Waals surface area contributed by atoms with Crippen LogP contribution in [0, 0.1) is 0 Å². The van der Waals surface area contributed by atoms with Gasteiger partial charge >= 0.3 is 0 Å². The van der Waals surface area contributed by atoms with Gasteiger partial charge < -0.3 is 10.1 Å². The number of amides is 2. The summed E-state index contributed by atoms with van der Waals surface area (Å²) in [4.78, 5) is 38.5. The smallest absolute Gasteiger partial charge is 0.284 e. The highest BCUT2D eigenvalue weighted by Crippen LogP contribution is 2.49. The van der Waals surface area contributed by atoms with E-state index in [0.717, 1.165) is 22.9 Å². The van der Waals surface area contributed by atoms with E-state index in [2.05, 4.69) is 5.32 Å². The SMILES string of the molecule is CO[C@@]1(NC(=O)Cc2ccccc2)C(=O)N2C(=C(C)C)C(=O)S[C@@H]21. The van der Waals surface area contributed by atoms with Crippen LogP contribution in [0.2, 0.25) is 0 Å². The Morgan fingerprint density at radius 2 is 1.96 bits per heavy atom. The van der Waals surface area contributed by atoms with Gasteiger partial charge in [-0.1, -0.05) is 42.1 Å². The van der Waals surface area contributed by atoms with Crippen LogP contribution < -0.4 is 5.32 Å². The molecular weight excluding hydrogens is 328 g/mol. The second-order valence-electron chi connectivity index (χ2n) is 5.93. The number of rotatable bonds is 4. The molecule has 0 bridgehead atoms. The standard InChI is InChI=1S/C17H18N2O4S/c1-10(2)13-14(21)24-16-17(23-3,15(22)19(13)16)18-12(20)9-11-7-5-4-6-8-11/h4-8,16H,9H2,1-3H3,(H,18,20)/t16-,17+/m1/s1. The summed E-state index contributed by atoms with van der Waals surface area (Å²) in [6.07, 6.45) is 0.139. The summed E-state index contributed by atoms with van der Waals surface area (Å²) in [6, 6.07) is 9.23. The number of ether oxygens (including phenoxy) is 1. The van der Waals surface area contributed by atoms with Gasteiger partial charge in [0.2, 0.25) is 11.0 Å². The normalized spacial score (nSPS) is 25.4. The van der Waals surface area contributed by atoms with Gasteiger partial charge in [0.1, 0.15) is 5.37 Å². The largest absolute Gasteiger partial charge is 0.348 e. The van der Waals surface area contributed by atoms with Crippen molar-refractivity contribution >= 4 is 28.7 Å². The van der Waals surface area contributed by atoms with Crippen LogP contribution in [-0.2, 0) is 25.5 Å². The van der Waals surface area contributed by atoms with Crippen LogP contribution >= 0.6 is 11.8 Å². The highest BCUT2D eigenvalue weighted by molar-refractivity contribution is 8.15.